The summed E-state index contributed by atoms with van der Waals surface area (Å²) in [5, 5.41) is 4.56. The zero-order valence-electron chi connectivity index (χ0n) is 26.7. The van der Waals surface area contributed by atoms with Gasteiger partial charge in [0.25, 0.3) is 0 Å². The molecule has 0 radical (unpaired) electrons. The SMILES string of the molecule is c1ccc(-c2ccc(-c3nc(-c4ccc5sc6ccccc6c5c4)nc(-c4ccc5oc6cccc(-c7ccccc7)c6c5c4)n3)cc2)cc1. The van der Waals surface area contributed by atoms with Crippen molar-refractivity contribution >= 4 is 53.4 Å². The molecular weight excluding hydrogens is 631 g/mol. The van der Waals surface area contributed by atoms with Gasteiger partial charge in [-0.2, -0.15) is 0 Å². The Morgan fingerprint density at radius 3 is 1.68 bits per heavy atom. The first-order valence-corrected chi connectivity index (χ1v) is 17.4. The molecule has 0 saturated heterocycles. The Hall–Kier alpha value is -6.43. The third-order valence-electron chi connectivity index (χ3n) is 9.36. The lowest BCUT2D eigenvalue weighted by Crippen LogP contribution is -2.00. The summed E-state index contributed by atoms with van der Waals surface area (Å²) in [7, 11) is 0. The van der Waals surface area contributed by atoms with E-state index in [0.29, 0.717) is 17.5 Å². The van der Waals surface area contributed by atoms with Crippen molar-refractivity contribution < 1.29 is 4.42 Å². The van der Waals surface area contributed by atoms with E-state index in [1.807, 2.05) is 30.3 Å². The molecule has 0 fully saturated rings. The van der Waals surface area contributed by atoms with Crippen molar-refractivity contribution in [2.45, 2.75) is 0 Å². The molecule has 0 atom stereocenters. The van der Waals surface area contributed by atoms with Gasteiger partial charge in [-0.15, -0.1) is 11.3 Å². The lowest BCUT2D eigenvalue weighted by Gasteiger charge is -2.10. The van der Waals surface area contributed by atoms with Crippen molar-refractivity contribution in [2.75, 3.05) is 0 Å². The van der Waals surface area contributed by atoms with Gasteiger partial charge in [-0.05, 0) is 70.8 Å². The minimum absolute atomic E-state index is 0.612. The van der Waals surface area contributed by atoms with Gasteiger partial charge in [-0.3, -0.25) is 0 Å². The number of benzene rings is 7. The van der Waals surface area contributed by atoms with Crippen LogP contribution in [0.15, 0.2) is 168 Å². The minimum atomic E-state index is 0.612. The van der Waals surface area contributed by atoms with Crippen molar-refractivity contribution in [3.63, 3.8) is 0 Å². The molecule has 10 aromatic rings. The molecule has 50 heavy (non-hydrogen) atoms. The predicted molar refractivity (Wildman–Crippen MR) is 207 cm³/mol. The summed E-state index contributed by atoms with van der Waals surface area (Å²) in [5.74, 6) is 1.87. The highest BCUT2D eigenvalue weighted by Crippen LogP contribution is 2.39. The zero-order valence-corrected chi connectivity index (χ0v) is 27.6. The number of fused-ring (bicyclic) bond motifs is 6. The summed E-state index contributed by atoms with van der Waals surface area (Å²) in [6.45, 7) is 0. The molecule has 5 heteroatoms. The Kier molecular flexibility index (Phi) is 6.64. The standard InChI is InChI=1S/C45H27N3OS/c1-3-10-28(11-4-1)29-18-20-31(21-19-29)43-46-44(48-45(47-43)33-23-25-41-36(26-33)35-14-7-8-17-40(35)50-41)32-22-24-38-37(27-32)42-34(15-9-16-39(42)49-38)30-12-5-2-6-13-30/h1-27H. The smallest absolute Gasteiger partial charge is 0.164 e. The Morgan fingerprint density at radius 1 is 0.360 bits per heavy atom. The van der Waals surface area contributed by atoms with Crippen molar-refractivity contribution in [3.8, 4) is 56.4 Å². The first-order valence-electron chi connectivity index (χ1n) is 16.6. The normalized spacial score (nSPS) is 11.6. The number of aromatic nitrogens is 3. The molecule has 0 aliphatic carbocycles. The van der Waals surface area contributed by atoms with Gasteiger partial charge < -0.3 is 4.42 Å². The number of furan rings is 1. The van der Waals surface area contributed by atoms with Gasteiger partial charge in [-0.25, -0.2) is 15.0 Å². The van der Waals surface area contributed by atoms with Gasteiger partial charge in [0.15, 0.2) is 17.5 Å². The first kappa shape index (κ1) is 28.6. The summed E-state index contributed by atoms with van der Waals surface area (Å²) in [6.07, 6.45) is 0. The summed E-state index contributed by atoms with van der Waals surface area (Å²) < 4.78 is 8.87. The Labute approximate surface area is 292 Å². The molecule has 0 bridgehead atoms. The number of hydrogen-bond donors (Lipinski definition) is 0. The second-order valence-corrected chi connectivity index (χ2v) is 13.5. The number of hydrogen-bond acceptors (Lipinski definition) is 5. The lowest BCUT2D eigenvalue weighted by molar-refractivity contribution is 0.669. The van der Waals surface area contributed by atoms with Crippen LogP contribution in [-0.2, 0) is 0 Å². The Morgan fingerprint density at radius 2 is 0.920 bits per heavy atom. The van der Waals surface area contributed by atoms with E-state index in [1.54, 1.807) is 11.3 Å². The van der Waals surface area contributed by atoms with E-state index in [2.05, 4.69) is 133 Å². The average Bonchev–Trinajstić information content (AvgIpc) is 3.76. The third kappa shape index (κ3) is 4.87. The van der Waals surface area contributed by atoms with Gasteiger partial charge in [-0.1, -0.05) is 115 Å². The second kappa shape index (κ2) is 11.6. The van der Waals surface area contributed by atoms with Crippen molar-refractivity contribution in [3.05, 3.63) is 164 Å². The molecule has 0 spiro atoms. The maximum absolute atomic E-state index is 6.36. The van der Waals surface area contributed by atoms with Crippen LogP contribution >= 0.6 is 11.3 Å². The van der Waals surface area contributed by atoms with Crippen molar-refractivity contribution in [1.29, 1.82) is 0 Å². The second-order valence-electron chi connectivity index (χ2n) is 12.4. The molecule has 0 N–H and O–H groups in total. The van der Waals surface area contributed by atoms with Crippen LogP contribution in [0.2, 0.25) is 0 Å². The van der Waals surface area contributed by atoms with Gasteiger partial charge in [0, 0.05) is 47.6 Å². The van der Waals surface area contributed by atoms with E-state index in [4.69, 9.17) is 19.4 Å². The zero-order chi connectivity index (χ0) is 33.0. The molecule has 4 nitrogen and oxygen atoms in total. The summed E-state index contributed by atoms with van der Waals surface area (Å²) in [5.41, 5.74) is 9.05. The highest BCUT2D eigenvalue weighted by Gasteiger charge is 2.17. The number of nitrogens with zero attached hydrogens (tertiary/aromatic N) is 3. The predicted octanol–water partition coefficient (Wildman–Crippen LogP) is 12.5. The average molecular weight is 658 g/mol. The third-order valence-corrected chi connectivity index (χ3v) is 10.5. The maximum Gasteiger partial charge on any atom is 0.164 e. The number of rotatable bonds is 5. The molecule has 3 aromatic heterocycles. The van der Waals surface area contributed by atoms with E-state index in [-0.39, 0.29) is 0 Å². The van der Waals surface area contributed by atoms with Crippen LogP contribution in [0.1, 0.15) is 0 Å². The fraction of sp³-hybridized carbons (Fsp3) is 0. The molecule has 0 saturated carbocycles. The number of thiophene rings is 1. The largest absolute Gasteiger partial charge is 0.456 e. The van der Waals surface area contributed by atoms with Crippen LogP contribution in [0.5, 0.6) is 0 Å². The van der Waals surface area contributed by atoms with E-state index < -0.39 is 0 Å². The van der Waals surface area contributed by atoms with Gasteiger partial charge in [0.1, 0.15) is 11.2 Å². The first-order chi connectivity index (χ1) is 24.7. The molecule has 3 heterocycles. The van der Waals surface area contributed by atoms with Crippen LogP contribution in [0.3, 0.4) is 0 Å². The van der Waals surface area contributed by atoms with Crippen LogP contribution in [0.25, 0.3) is 98.5 Å². The fourth-order valence-corrected chi connectivity index (χ4v) is 7.98. The highest BCUT2D eigenvalue weighted by atomic mass is 32.1. The summed E-state index contributed by atoms with van der Waals surface area (Å²) >= 11 is 1.81. The maximum atomic E-state index is 6.36. The topological polar surface area (TPSA) is 51.8 Å². The fourth-order valence-electron chi connectivity index (χ4n) is 6.89. The lowest BCUT2D eigenvalue weighted by atomic mass is 9.99. The monoisotopic (exact) mass is 657 g/mol. The van der Waals surface area contributed by atoms with Gasteiger partial charge in [0.2, 0.25) is 0 Å². The van der Waals surface area contributed by atoms with Crippen molar-refractivity contribution in [2.24, 2.45) is 0 Å². The summed E-state index contributed by atoms with van der Waals surface area (Å²) in [4.78, 5) is 15.3. The van der Waals surface area contributed by atoms with Crippen molar-refractivity contribution in [1.82, 2.24) is 15.0 Å². The van der Waals surface area contributed by atoms with Crippen LogP contribution in [0, 0.1) is 0 Å². The molecule has 7 aromatic carbocycles. The van der Waals surface area contributed by atoms with Gasteiger partial charge in [0.05, 0.1) is 0 Å². The Balaban J connectivity index is 1.16. The van der Waals surface area contributed by atoms with E-state index >= 15 is 0 Å². The molecular formula is C45H27N3OS. The van der Waals surface area contributed by atoms with Gasteiger partial charge >= 0.3 is 0 Å². The molecule has 234 valence electrons. The van der Waals surface area contributed by atoms with E-state index in [0.717, 1.165) is 55.3 Å². The Bertz CT molecular complexity index is 2860. The molecule has 0 unspecified atom stereocenters. The van der Waals surface area contributed by atoms with Crippen LogP contribution in [0.4, 0.5) is 0 Å². The minimum Gasteiger partial charge on any atom is -0.456 e. The van der Waals surface area contributed by atoms with Crippen LogP contribution < -0.4 is 0 Å². The van der Waals surface area contributed by atoms with Crippen LogP contribution in [-0.4, -0.2) is 15.0 Å². The van der Waals surface area contributed by atoms with E-state index in [9.17, 15) is 0 Å². The van der Waals surface area contributed by atoms with E-state index in [1.165, 1.54) is 25.7 Å². The summed E-state index contributed by atoms with van der Waals surface area (Å²) in [6, 6.07) is 56.8. The molecule has 10 rings (SSSR count). The molecule has 0 aliphatic rings. The molecule has 0 amide bonds. The highest BCUT2D eigenvalue weighted by molar-refractivity contribution is 7.25. The molecule has 0 aliphatic heterocycles. The quantitative estimate of drug-likeness (QED) is 0.185.